The second kappa shape index (κ2) is 10.1. The molecule has 1 aromatic carbocycles. The van der Waals surface area contributed by atoms with Crippen LogP contribution in [0.15, 0.2) is 42.6 Å². The number of aromatic nitrogens is 2. The molecule has 8 heteroatoms. The fraction of sp³-hybridized carbons (Fsp3) is 0.444. The monoisotopic (exact) mass is 477 g/mol. The molecule has 1 saturated carbocycles. The van der Waals surface area contributed by atoms with E-state index in [1.54, 1.807) is 12.3 Å². The lowest BCUT2D eigenvalue weighted by Gasteiger charge is -2.35. The zero-order valence-corrected chi connectivity index (χ0v) is 20.0. The molecule has 2 aromatic heterocycles. The summed E-state index contributed by atoms with van der Waals surface area (Å²) in [7, 11) is 0. The highest BCUT2D eigenvalue weighted by Crippen LogP contribution is 2.37. The molecule has 1 amide bonds. The second-order valence-electron chi connectivity index (χ2n) is 9.27. The van der Waals surface area contributed by atoms with Gasteiger partial charge in [0.15, 0.2) is 11.5 Å². The number of nitrogens with zero attached hydrogens (tertiary/aromatic N) is 2. The van der Waals surface area contributed by atoms with Crippen molar-refractivity contribution in [2.45, 2.75) is 51.0 Å². The van der Waals surface area contributed by atoms with Gasteiger partial charge in [-0.3, -0.25) is 9.78 Å². The van der Waals surface area contributed by atoms with Crippen LogP contribution in [0.4, 0.5) is 5.69 Å². The lowest BCUT2D eigenvalue weighted by atomic mass is 9.76. The van der Waals surface area contributed by atoms with Crippen LogP contribution < -0.4 is 19.5 Å². The molecule has 8 nitrogen and oxygen atoms in total. The topological polar surface area (TPSA) is 103 Å². The first-order chi connectivity index (χ1) is 17.0. The molecule has 0 bridgehead atoms. The maximum absolute atomic E-state index is 12.9. The van der Waals surface area contributed by atoms with E-state index in [1.165, 1.54) is 0 Å². The summed E-state index contributed by atoms with van der Waals surface area (Å²) in [5.41, 5.74) is 2.58. The van der Waals surface area contributed by atoms with Crippen molar-refractivity contribution < 1.29 is 24.1 Å². The van der Waals surface area contributed by atoms with Crippen LogP contribution in [0.1, 0.15) is 44.6 Å². The highest BCUT2D eigenvalue weighted by atomic mass is 16.6. The van der Waals surface area contributed by atoms with E-state index in [-0.39, 0.29) is 11.8 Å². The largest absolute Gasteiger partial charge is 0.486 e. The molecular weight excluding hydrogens is 446 g/mol. The standard InChI is InChI=1S/C27H31N3O5/c1-2-33-24-6-4-21-25(30-24)18(10-14-28-21)7-11-27(32)12-8-19(9-13-27)26(31)29-20-3-5-22-23(17-20)35-16-15-34-22/h3-6,10,14,17,19,32H,2,7-9,11-13,15-16H2,1H3,(H,29,31)/t19-,27-. The van der Waals surface area contributed by atoms with Gasteiger partial charge in [0.05, 0.1) is 23.2 Å². The van der Waals surface area contributed by atoms with Gasteiger partial charge in [0.2, 0.25) is 11.8 Å². The molecule has 5 rings (SSSR count). The Morgan fingerprint density at radius 2 is 1.94 bits per heavy atom. The van der Waals surface area contributed by atoms with Gasteiger partial charge in [0.25, 0.3) is 0 Å². The van der Waals surface area contributed by atoms with Gasteiger partial charge in [0.1, 0.15) is 13.2 Å². The van der Waals surface area contributed by atoms with Crippen molar-refractivity contribution in [3.8, 4) is 17.4 Å². The fourth-order valence-corrected chi connectivity index (χ4v) is 4.89. The molecule has 1 aliphatic heterocycles. The molecule has 35 heavy (non-hydrogen) atoms. The lowest BCUT2D eigenvalue weighted by molar-refractivity contribution is -0.122. The van der Waals surface area contributed by atoms with Gasteiger partial charge < -0.3 is 24.6 Å². The predicted molar refractivity (Wildman–Crippen MR) is 132 cm³/mol. The predicted octanol–water partition coefficient (Wildman–Crippen LogP) is 4.29. The van der Waals surface area contributed by atoms with Gasteiger partial charge in [-0.1, -0.05) is 0 Å². The number of hydrogen-bond donors (Lipinski definition) is 2. The number of fused-ring (bicyclic) bond motifs is 2. The number of nitrogens with one attached hydrogen (secondary N) is 1. The Hall–Kier alpha value is -3.39. The number of aryl methyl sites for hydroxylation is 1. The molecule has 1 aliphatic carbocycles. The SMILES string of the molecule is CCOc1ccc2nccc(CC[C@]3(O)CC[C@H](C(=O)Nc4ccc5c(c4)OCCO5)CC3)c2n1. The molecular formula is C27H31N3O5. The maximum atomic E-state index is 12.9. The third-order valence-corrected chi connectivity index (χ3v) is 6.89. The molecule has 0 saturated heterocycles. The van der Waals surface area contributed by atoms with Gasteiger partial charge in [-0.05, 0) is 75.3 Å². The van der Waals surface area contributed by atoms with Crippen molar-refractivity contribution in [3.05, 3.63) is 48.2 Å². The van der Waals surface area contributed by atoms with E-state index in [0.29, 0.717) is 81.4 Å². The molecule has 0 atom stereocenters. The van der Waals surface area contributed by atoms with Gasteiger partial charge in [-0.15, -0.1) is 0 Å². The number of aliphatic hydroxyl groups is 1. The van der Waals surface area contributed by atoms with Gasteiger partial charge in [-0.25, -0.2) is 4.98 Å². The molecule has 3 aromatic rings. The average Bonchev–Trinajstić information content (AvgIpc) is 2.88. The van der Waals surface area contributed by atoms with Crippen molar-refractivity contribution in [2.75, 3.05) is 25.1 Å². The maximum Gasteiger partial charge on any atom is 0.227 e. The Morgan fingerprint density at radius 1 is 1.14 bits per heavy atom. The Morgan fingerprint density at radius 3 is 2.74 bits per heavy atom. The van der Waals surface area contributed by atoms with Crippen molar-refractivity contribution >= 4 is 22.6 Å². The third kappa shape index (κ3) is 5.32. The van der Waals surface area contributed by atoms with Crippen molar-refractivity contribution in [1.82, 2.24) is 9.97 Å². The fourth-order valence-electron chi connectivity index (χ4n) is 4.89. The number of rotatable bonds is 7. The number of hydrogen-bond acceptors (Lipinski definition) is 7. The van der Waals surface area contributed by atoms with E-state index < -0.39 is 5.60 Å². The van der Waals surface area contributed by atoms with E-state index in [1.807, 2.05) is 37.3 Å². The minimum atomic E-state index is -0.791. The number of carbonyl (C=O) groups is 1. The van der Waals surface area contributed by atoms with Crippen LogP contribution in [0.2, 0.25) is 0 Å². The Bertz CT molecular complexity index is 1210. The van der Waals surface area contributed by atoms with Crippen LogP contribution in [0.25, 0.3) is 11.0 Å². The zero-order valence-electron chi connectivity index (χ0n) is 20.0. The number of carbonyl (C=O) groups excluding carboxylic acids is 1. The normalized spacial score (nSPS) is 21.5. The van der Waals surface area contributed by atoms with E-state index in [9.17, 15) is 9.90 Å². The van der Waals surface area contributed by atoms with Crippen molar-refractivity contribution in [2.24, 2.45) is 5.92 Å². The zero-order chi connectivity index (χ0) is 24.3. The lowest BCUT2D eigenvalue weighted by Crippen LogP contribution is -2.38. The summed E-state index contributed by atoms with van der Waals surface area (Å²) in [6.07, 6.45) is 5.56. The molecule has 2 aliphatic rings. The number of pyridine rings is 2. The van der Waals surface area contributed by atoms with E-state index in [0.717, 1.165) is 16.6 Å². The first-order valence-electron chi connectivity index (χ1n) is 12.3. The van der Waals surface area contributed by atoms with E-state index >= 15 is 0 Å². The first kappa shape index (κ1) is 23.4. The minimum Gasteiger partial charge on any atom is -0.486 e. The van der Waals surface area contributed by atoms with Crippen LogP contribution >= 0.6 is 0 Å². The van der Waals surface area contributed by atoms with Crippen LogP contribution in [0.3, 0.4) is 0 Å². The van der Waals surface area contributed by atoms with E-state index in [2.05, 4.69) is 15.3 Å². The number of amides is 1. The Labute approximate surface area is 204 Å². The minimum absolute atomic E-state index is 0.0171. The number of ether oxygens (including phenoxy) is 3. The summed E-state index contributed by atoms with van der Waals surface area (Å²) >= 11 is 0. The van der Waals surface area contributed by atoms with E-state index in [4.69, 9.17) is 14.2 Å². The Balaban J connectivity index is 1.18. The summed E-state index contributed by atoms with van der Waals surface area (Å²) < 4.78 is 16.7. The summed E-state index contributed by atoms with van der Waals surface area (Å²) in [6, 6.07) is 11.1. The molecule has 184 valence electrons. The second-order valence-corrected chi connectivity index (χ2v) is 9.27. The molecule has 1 fully saturated rings. The number of benzene rings is 1. The van der Waals surface area contributed by atoms with Crippen LogP contribution in [0.5, 0.6) is 17.4 Å². The van der Waals surface area contributed by atoms with Crippen LogP contribution in [-0.4, -0.2) is 46.4 Å². The summed E-state index contributed by atoms with van der Waals surface area (Å²) in [4.78, 5) is 21.9. The van der Waals surface area contributed by atoms with Gasteiger partial charge in [-0.2, -0.15) is 0 Å². The highest BCUT2D eigenvalue weighted by Gasteiger charge is 2.35. The molecule has 0 radical (unpaired) electrons. The Kier molecular flexibility index (Phi) is 6.72. The van der Waals surface area contributed by atoms with Gasteiger partial charge in [0, 0.05) is 29.9 Å². The van der Waals surface area contributed by atoms with Crippen molar-refractivity contribution in [1.29, 1.82) is 0 Å². The van der Waals surface area contributed by atoms with Gasteiger partial charge >= 0.3 is 0 Å². The quantitative estimate of drug-likeness (QED) is 0.523. The summed E-state index contributed by atoms with van der Waals surface area (Å²) in [5, 5.41) is 14.2. The highest BCUT2D eigenvalue weighted by molar-refractivity contribution is 5.93. The molecule has 3 heterocycles. The van der Waals surface area contributed by atoms with Crippen LogP contribution in [-0.2, 0) is 11.2 Å². The summed E-state index contributed by atoms with van der Waals surface area (Å²) in [6.45, 7) is 3.52. The summed E-state index contributed by atoms with van der Waals surface area (Å²) in [5.74, 6) is 1.79. The van der Waals surface area contributed by atoms with Crippen molar-refractivity contribution in [3.63, 3.8) is 0 Å². The number of anilines is 1. The average molecular weight is 478 g/mol. The van der Waals surface area contributed by atoms with Crippen LogP contribution in [0, 0.1) is 5.92 Å². The smallest absolute Gasteiger partial charge is 0.227 e. The molecule has 0 spiro atoms. The first-order valence-corrected chi connectivity index (χ1v) is 12.3. The third-order valence-electron chi connectivity index (χ3n) is 6.89. The molecule has 2 N–H and O–H groups in total. The molecule has 0 unspecified atom stereocenters.